The number of ether oxygens (including phenoxy) is 2. The summed E-state index contributed by atoms with van der Waals surface area (Å²) in [6.45, 7) is -3.31. The number of allylic oxidation sites excluding steroid dienone is 4. The first-order valence-electron chi connectivity index (χ1n) is 49.0. The number of carbonyl (C=O) groups is 23. The molecule has 140 heavy (non-hydrogen) atoms. The molecular weight excluding hydrogens is 1850 g/mol. The lowest BCUT2D eigenvalue weighted by atomic mass is 10.1. The van der Waals surface area contributed by atoms with E-state index in [1.54, 1.807) is 0 Å². The summed E-state index contributed by atoms with van der Waals surface area (Å²) in [6, 6.07) is 0. The molecule has 0 bridgehead atoms. The summed E-state index contributed by atoms with van der Waals surface area (Å²) in [4.78, 5) is 293. The van der Waals surface area contributed by atoms with Crippen molar-refractivity contribution in [1.82, 2.24) is 56.4 Å². The summed E-state index contributed by atoms with van der Waals surface area (Å²) in [5.41, 5.74) is 0. The summed E-state index contributed by atoms with van der Waals surface area (Å²) < 4.78 is 33.7. The molecule has 2 atom stereocenters. The van der Waals surface area contributed by atoms with E-state index in [-0.39, 0.29) is 102 Å². The van der Waals surface area contributed by atoms with Gasteiger partial charge in [-0.15, -0.1) is 0 Å². The van der Waals surface area contributed by atoms with Crippen LogP contribution in [0.25, 0.3) is 0 Å². The Morgan fingerprint density at radius 1 is 0.336 bits per heavy atom. The van der Waals surface area contributed by atoms with Crippen molar-refractivity contribution < 1.29 is 159 Å². The topological polar surface area (TPSA) is 636 Å². The van der Waals surface area contributed by atoms with E-state index in [4.69, 9.17) is 23.6 Å². The van der Waals surface area contributed by atoms with Crippen LogP contribution in [0.1, 0.15) is 317 Å². The van der Waals surface area contributed by atoms with Crippen molar-refractivity contribution in [2.45, 2.75) is 323 Å². The predicted molar refractivity (Wildman–Crippen MR) is 508 cm³/mol. The Labute approximate surface area is 819 Å². The average molecular weight is 2010 g/mol. The molecule has 45 heteroatoms. The quantitative estimate of drug-likeness (QED) is 0.00972. The molecule has 0 aromatic rings. The molecule has 1 aliphatic rings. The van der Waals surface area contributed by atoms with Crippen LogP contribution in [0.2, 0.25) is 0 Å². The maximum absolute atomic E-state index is 12.8. The summed E-state index contributed by atoms with van der Waals surface area (Å²) >= 11 is 0. The van der Waals surface area contributed by atoms with Crippen LogP contribution in [0.4, 0.5) is 0 Å². The fraction of sp³-hybridized carbons (Fsp3) is 0.716. The molecule has 12 amide bonds. The van der Waals surface area contributed by atoms with Gasteiger partial charge in [-0.3, -0.25) is 124 Å². The highest BCUT2D eigenvalue weighted by molar-refractivity contribution is 7.47. The van der Waals surface area contributed by atoms with Gasteiger partial charge in [-0.25, -0.2) is 4.57 Å². The van der Waals surface area contributed by atoms with Crippen LogP contribution in [0.5, 0.6) is 0 Å². The number of Topliss-reactive ketones (excluding diaryl/α,β-unsaturated/α-hetero) is 5. The van der Waals surface area contributed by atoms with Gasteiger partial charge >= 0.3 is 43.6 Å². The standard InChI is InChI=1S/C49H90NO10P.C46H64N10O23/c1-4-7-9-11-13-15-17-19-21-23-25-27-29-31-33-39-48(53)57-43-46(44-59-61(55,56)58-42-41-50-47(52)38-36-35-37-45(51)6-3)60-49(54)40-34-32-30-28-26-24-22-20-18-16-14-12-10-8-5-2;1-2-32(61)50-18-41(70)55(27-46(78)79)23-36(65)49-17-29(58)7-10-37(66)52(24-43(72)73)20-30(59)4-3-14-47-35(64)22-54(26-45(76)77)42(71)19-51-33(62)8-5-31(60)21-53(25-44(74)75)38(67)9-6-28(57)16-48-34(63)13-15-56-39(68)11-12-40(56)69/h19-22,46H,4-18,23-44H2,1-3H3,(H,50,52)(H,55,56);2-27H2,1H3,(H,47,64)(H,48,63)(H,49,65)(H,50,61)(H,51,62)(H,72,73)(H,74,75)(H,76,77)(H,78,79)/b21-19+,22-20+;. The zero-order valence-corrected chi connectivity index (χ0v) is 83.2. The molecule has 792 valence electrons. The molecule has 0 spiro atoms. The lowest BCUT2D eigenvalue weighted by Gasteiger charge is -2.21. The predicted octanol–water partition coefficient (Wildman–Crippen LogP) is 6.87. The monoisotopic (exact) mass is 2010 g/mol. The Bertz CT molecular complexity index is 4010. The molecule has 0 aromatic heterocycles. The number of hydrogen-bond donors (Lipinski definition) is 11. The second kappa shape index (κ2) is 81.3. The molecule has 11 N–H and O–H groups in total. The van der Waals surface area contributed by atoms with Gasteiger partial charge in [0.15, 0.2) is 29.2 Å². The second-order valence-corrected chi connectivity index (χ2v) is 35.3. The lowest BCUT2D eigenvalue weighted by Crippen LogP contribution is -2.47. The first kappa shape index (κ1) is 129. The van der Waals surface area contributed by atoms with Crippen molar-refractivity contribution in [2.75, 3.05) is 118 Å². The number of aliphatic carboxylic acids is 4. The van der Waals surface area contributed by atoms with Crippen LogP contribution in [-0.4, -0.2) is 310 Å². The average Bonchev–Trinajstić information content (AvgIpc) is 1.74. The van der Waals surface area contributed by atoms with Crippen molar-refractivity contribution in [2.24, 2.45) is 0 Å². The number of hydrogen-bond acceptors (Lipinski definition) is 28. The van der Waals surface area contributed by atoms with E-state index in [0.29, 0.717) is 58.1 Å². The minimum atomic E-state index is -4.57. The maximum atomic E-state index is 12.8. The molecule has 0 radical (unpaired) electrons. The number of phosphoric ester groups is 1. The largest absolute Gasteiger partial charge is 0.480 e. The van der Waals surface area contributed by atoms with E-state index in [2.05, 4.69) is 70.1 Å². The minimum absolute atomic E-state index is 0.0109. The number of rotatable bonds is 87. The molecule has 0 saturated carbocycles. The van der Waals surface area contributed by atoms with Crippen LogP contribution in [0, 0.1) is 0 Å². The van der Waals surface area contributed by atoms with Crippen LogP contribution < -0.4 is 31.9 Å². The molecule has 0 aromatic carbocycles. The summed E-state index contributed by atoms with van der Waals surface area (Å²) in [5.74, 6) is -18.5. The summed E-state index contributed by atoms with van der Waals surface area (Å²) in [7, 11) is -4.57. The van der Waals surface area contributed by atoms with E-state index in [9.17, 15) is 135 Å². The van der Waals surface area contributed by atoms with E-state index >= 15 is 0 Å². The van der Waals surface area contributed by atoms with Crippen LogP contribution in [0.3, 0.4) is 0 Å². The van der Waals surface area contributed by atoms with E-state index < -0.39 is 262 Å². The molecule has 2 unspecified atom stereocenters. The SMILES string of the molecule is CCC(=O)NCC(=O)N(CC(=O)O)CC(=O)NCC(=O)CCC(=O)N(CC(=O)O)CC(=O)CCCNC(=O)CN(CC(=O)O)C(=O)CNC(=O)CCC(=O)CN(CC(=O)O)C(=O)CCC(=O)CNC(=O)CCN1C(=O)CCC1=O.CCCCCCCC/C=C/CCCCCCCC(=O)OCC(COP(=O)(O)OCCNC(=O)CCCCC(=O)CC)OC(=O)CCCCCCC/C=C/CCCCCCCC. The van der Waals surface area contributed by atoms with Gasteiger partial charge in [0.1, 0.15) is 51.7 Å². The highest BCUT2D eigenvalue weighted by Gasteiger charge is 2.32. The van der Waals surface area contributed by atoms with Gasteiger partial charge in [0.25, 0.3) is 0 Å². The van der Waals surface area contributed by atoms with Gasteiger partial charge in [-0.1, -0.05) is 155 Å². The Kier molecular flexibility index (Phi) is 74.7. The third-order valence-electron chi connectivity index (χ3n) is 21.4. The second-order valence-electron chi connectivity index (χ2n) is 33.8. The molecule has 1 heterocycles. The van der Waals surface area contributed by atoms with Crippen molar-refractivity contribution in [3.8, 4) is 0 Å². The number of unbranched alkanes of at least 4 members (excludes halogenated alkanes) is 23. The van der Waals surface area contributed by atoms with Gasteiger partial charge < -0.3 is 86.3 Å². The highest BCUT2D eigenvalue weighted by Crippen LogP contribution is 2.43. The van der Waals surface area contributed by atoms with Crippen LogP contribution >= 0.6 is 7.82 Å². The van der Waals surface area contributed by atoms with Gasteiger partial charge in [0, 0.05) is 122 Å². The van der Waals surface area contributed by atoms with Gasteiger partial charge in [0.2, 0.25) is 70.9 Å². The van der Waals surface area contributed by atoms with Crippen molar-refractivity contribution in [3.63, 3.8) is 0 Å². The fourth-order valence-corrected chi connectivity index (χ4v) is 14.2. The number of carboxylic acid groups (broad SMARTS) is 4. The number of nitrogens with one attached hydrogen (secondary N) is 6. The number of phosphoric acid groups is 1. The lowest BCUT2D eigenvalue weighted by molar-refractivity contribution is -0.161. The highest BCUT2D eigenvalue weighted by atomic mass is 31.2. The minimum Gasteiger partial charge on any atom is -0.480 e. The van der Waals surface area contributed by atoms with E-state index in [0.717, 1.165) is 75.5 Å². The van der Waals surface area contributed by atoms with Crippen molar-refractivity contribution >= 4 is 143 Å². The molecule has 1 aliphatic heterocycles. The van der Waals surface area contributed by atoms with E-state index in [1.807, 2.05) is 6.92 Å². The number of nitrogens with zero attached hydrogens (tertiary/aromatic N) is 5. The Hall–Kier alpha value is -11.4. The van der Waals surface area contributed by atoms with Crippen LogP contribution in [0.15, 0.2) is 24.3 Å². The number of imide groups is 1. The first-order valence-corrected chi connectivity index (χ1v) is 50.5. The summed E-state index contributed by atoms with van der Waals surface area (Å²) in [5, 5.41) is 50.7. The molecule has 1 fully saturated rings. The number of ketones is 5. The third kappa shape index (κ3) is 73.7. The first-order chi connectivity index (χ1) is 66.7. The molecule has 0 aliphatic carbocycles. The molecule has 44 nitrogen and oxygen atoms in total. The zero-order valence-electron chi connectivity index (χ0n) is 82.3. The van der Waals surface area contributed by atoms with Crippen molar-refractivity contribution in [1.29, 1.82) is 0 Å². The number of likely N-dealkylation sites (tertiary alicyclic amines) is 1. The number of amides is 12. The molecule has 1 saturated heterocycles. The van der Waals surface area contributed by atoms with Gasteiger partial charge in [-0.2, -0.15) is 0 Å². The molecule has 1 rings (SSSR count). The van der Waals surface area contributed by atoms with Crippen LogP contribution in [-0.2, 0) is 133 Å². The van der Waals surface area contributed by atoms with Gasteiger partial charge in [0.05, 0.1) is 52.5 Å². The molecular formula is C95H154N11O33P. The Balaban J connectivity index is 0.00000286. The summed E-state index contributed by atoms with van der Waals surface area (Å²) in [6.07, 6.45) is 37.0. The van der Waals surface area contributed by atoms with Gasteiger partial charge in [-0.05, 0) is 83.5 Å². The Morgan fingerprint density at radius 3 is 1.16 bits per heavy atom. The maximum Gasteiger partial charge on any atom is 0.472 e. The fourth-order valence-electron chi connectivity index (χ4n) is 13.5. The van der Waals surface area contributed by atoms with Crippen molar-refractivity contribution in [3.05, 3.63) is 24.3 Å². The van der Waals surface area contributed by atoms with E-state index in [1.165, 1.54) is 90.4 Å². The smallest absolute Gasteiger partial charge is 0.472 e. The number of carbonyl (C=O) groups excluding carboxylic acids is 19. The number of esters is 2. The Morgan fingerprint density at radius 2 is 0.700 bits per heavy atom. The number of carboxylic acids is 4. The normalized spacial score (nSPS) is 12.2. The third-order valence-corrected chi connectivity index (χ3v) is 22.4. The zero-order chi connectivity index (χ0) is 105.